The fourth-order valence-corrected chi connectivity index (χ4v) is 2.04. The van der Waals surface area contributed by atoms with Crippen molar-refractivity contribution in [3.63, 3.8) is 0 Å². The van der Waals surface area contributed by atoms with Crippen molar-refractivity contribution in [1.29, 1.82) is 0 Å². The monoisotopic (exact) mass is 209 g/mol. The minimum absolute atomic E-state index is 0.715. The molecule has 2 aromatic rings. The molecule has 0 fully saturated rings. The van der Waals surface area contributed by atoms with Crippen LogP contribution in [0, 0.1) is 0 Å². The molecular formula is C8H11N5S. The highest BCUT2D eigenvalue weighted by molar-refractivity contribution is 7.99. The molecule has 74 valence electrons. The number of rotatable bonds is 4. The van der Waals surface area contributed by atoms with Crippen molar-refractivity contribution in [2.75, 3.05) is 12.3 Å². The number of nitrogens with one attached hydrogen (secondary N) is 1. The normalized spacial score (nSPS) is 10.9. The van der Waals surface area contributed by atoms with Crippen LogP contribution in [0.15, 0.2) is 17.6 Å². The molecule has 2 rings (SSSR count). The zero-order valence-corrected chi connectivity index (χ0v) is 8.42. The van der Waals surface area contributed by atoms with Crippen LogP contribution in [0.4, 0.5) is 0 Å². The Morgan fingerprint density at radius 3 is 3.21 bits per heavy atom. The second-order valence-corrected chi connectivity index (χ2v) is 3.89. The topological polar surface area (TPSA) is 80.5 Å². The smallest absolute Gasteiger partial charge is 0.159 e. The molecule has 0 saturated heterocycles. The number of hydrogen-bond donors (Lipinski definition) is 2. The molecule has 0 aliphatic heterocycles. The van der Waals surface area contributed by atoms with Crippen LogP contribution in [0.2, 0.25) is 0 Å². The summed E-state index contributed by atoms with van der Waals surface area (Å²) in [5.41, 5.74) is 6.21. The summed E-state index contributed by atoms with van der Waals surface area (Å²) < 4.78 is 0. The predicted octanol–water partition coefficient (Wildman–Crippen LogP) is 0.794. The molecule has 0 atom stereocenters. The average molecular weight is 209 g/mol. The number of nitrogens with zero attached hydrogens (tertiary/aromatic N) is 3. The van der Waals surface area contributed by atoms with E-state index in [2.05, 4.69) is 20.2 Å². The van der Waals surface area contributed by atoms with Crippen LogP contribution < -0.4 is 5.73 Å². The van der Waals surface area contributed by atoms with Gasteiger partial charge < -0.3 is 5.73 Å². The third kappa shape index (κ3) is 1.85. The van der Waals surface area contributed by atoms with E-state index < -0.39 is 0 Å². The van der Waals surface area contributed by atoms with Gasteiger partial charge in [-0.2, -0.15) is 5.10 Å². The highest BCUT2D eigenvalue weighted by atomic mass is 32.2. The van der Waals surface area contributed by atoms with Crippen molar-refractivity contribution < 1.29 is 0 Å². The number of aromatic nitrogens is 4. The van der Waals surface area contributed by atoms with E-state index in [0.717, 1.165) is 28.2 Å². The highest BCUT2D eigenvalue weighted by Gasteiger charge is 2.04. The third-order valence-corrected chi connectivity index (χ3v) is 2.89. The van der Waals surface area contributed by atoms with Gasteiger partial charge in [-0.3, -0.25) is 5.10 Å². The largest absolute Gasteiger partial charge is 0.330 e. The minimum Gasteiger partial charge on any atom is -0.330 e. The lowest BCUT2D eigenvalue weighted by molar-refractivity contribution is 0.941. The first-order valence-electron chi connectivity index (χ1n) is 4.39. The summed E-state index contributed by atoms with van der Waals surface area (Å²) in [6.07, 6.45) is 4.29. The predicted molar refractivity (Wildman–Crippen MR) is 56.1 cm³/mol. The van der Waals surface area contributed by atoms with Gasteiger partial charge in [0.05, 0.1) is 11.6 Å². The number of nitrogens with two attached hydrogens (primary N) is 1. The van der Waals surface area contributed by atoms with Crippen molar-refractivity contribution in [3.8, 4) is 0 Å². The van der Waals surface area contributed by atoms with Crippen LogP contribution in [0.1, 0.15) is 6.42 Å². The lowest BCUT2D eigenvalue weighted by atomic mass is 10.4. The van der Waals surface area contributed by atoms with Crippen LogP contribution in [-0.2, 0) is 0 Å². The lowest BCUT2D eigenvalue weighted by Gasteiger charge is -1.99. The van der Waals surface area contributed by atoms with Gasteiger partial charge in [-0.15, -0.1) is 11.8 Å². The summed E-state index contributed by atoms with van der Waals surface area (Å²) in [4.78, 5) is 8.26. The molecule has 0 spiro atoms. The molecule has 0 aliphatic rings. The first-order valence-corrected chi connectivity index (χ1v) is 5.37. The first-order chi connectivity index (χ1) is 6.92. The molecule has 0 aliphatic carbocycles. The van der Waals surface area contributed by atoms with Crippen LogP contribution in [0.3, 0.4) is 0 Å². The quantitative estimate of drug-likeness (QED) is 0.442. The van der Waals surface area contributed by atoms with Crippen LogP contribution in [0.5, 0.6) is 0 Å². The lowest BCUT2D eigenvalue weighted by Crippen LogP contribution is -1.99. The van der Waals surface area contributed by atoms with Gasteiger partial charge in [0, 0.05) is 5.75 Å². The van der Waals surface area contributed by atoms with Crippen LogP contribution >= 0.6 is 11.8 Å². The summed E-state index contributed by atoms with van der Waals surface area (Å²) in [6.45, 7) is 0.715. The third-order valence-electron chi connectivity index (χ3n) is 1.80. The SMILES string of the molecule is NCCCSc1ncnc2[nH]ncc12. The Labute approximate surface area is 85.5 Å². The van der Waals surface area contributed by atoms with E-state index in [0.29, 0.717) is 6.54 Å². The Hall–Kier alpha value is -1.14. The molecule has 0 unspecified atom stereocenters. The number of H-pyrrole nitrogens is 1. The van der Waals surface area contributed by atoms with E-state index >= 15 is 0 Å². The van der Waals surface area contributed by atoms with Gasteiger partial charge in [-0.25, -0.2) is 9.97 Å². The minimum atomic E-state index is 0.715. The fourth-order valence-electron chi connectivity index (χ4n) is 1.11. The standard InChI is InChI=1S/C8H11N5S/c9-2-1-3-14-8-6-4-12-13-7(6)10-5-11-8/h4-5H,1-3,9H2,(H,10,11,12,13). The Morgan fingerprint density at radius 2 is 2.36 bits per heavy atom. The fraction of sp³-hybridized carbons (Fsp3) is 0.375. The summed E-state index contributed by atoms with van der Waals surface area (Å²) >= 11 is 1.69. The van der Waals surface area contributed by atoms with Gasteiger partial charge in [-0.1, -0.05) is 0 Å². The molecular weight excluding hydrogens is 198 g/mol. The molecule has 3 N–H and O–H groups in total. The average Bonchev–Trinajstić information content (AvgIpc) is 2.67. The second-order valence-electron chi connectivity index (χ2n) is 2.80. The van der Waals surface area contributed by atoms with Crippen LogP contribution in [-0.4, -0.2) is 32.5 Å². The Balaban J connectivity index is 2.19. The maximum atomic E-state index is 5.42. The van der Waals surface area contributed by atoms with Gasteiger partial charge in [0.25, 0.3) is 0 Å². The maximum Gasteiger partial charge on any atom is 0.159 e. The Morgan fingerprint density at radius 1 is 1.43 bits per heavy atom. The van der Waals surface area contributed by atoms with Gasteiger partial charge in [0.2, 0.25) is 0 Å². The highest BCUT2D eigenvalue weighted by Crippen LogP contribution is 2.22. The molecule has 6 heteroatoms. The number of hydrogen-bond acceptors (Lipinski definition) is 5. The van der Waals surface area contributed by atoms with E-state index in [1.807, 2.05) is 0 Å². The van der Waals surface area contributed by atoms with Crippen molar-refractivity contribution in [1.82, 2.24) is 20.2 Å². The number of fused-ring (bicyclic) bond motifs is 1. The molecule has 0 saturated carbocycles. The molecule has 2 heterocycles. The van der Waals surface area contributed by atoms with E-state index in [-0.39, 0.29) is 0 Å². The van der Waals surface area contributed by atoms with Crippen molar-refractivity contribution in [2.45, 2.75) is 11.4 Å². The summed E-state index contributed by atoms with van der Waals surface area (Å²) in [6, 6.07) is 0. The molecule has 14 heavy (non-hydrogen) atoms. The summed E-state index contributed by atoms with van der Waals surface area (Å²) in [7, 11) is 0. The first kappa shape index (κ1) is 9.42. The van der Waals surface area contributed by atoms with E-state index in [4.69, 9.17) is 5.73 Å². The molecule has 2 aromatic heterocycles. The van der Waals surface area contributed by atoms with E-state index in [1.54, 1.807) is 24.3 Å². The molecule has 0 radical (unpaired) electrons. The second kappa shape index (κ2) is 4.39. The summed E-state index contributed by atoms with van der Waals surface area (Å²) in [5, 5.41) is 8.69. The molecule has 0 amide bonds. The maximum absolute atomic E-state index is 5.42. The Bertz CT molecular complexity index is 413. The molecule has 0 bridgehead atoms. The van der Waals surface area contributed by atoms with Gasteiger partial charge in [0.1, 0.15) is 11.4 Å². The van der Waals surface area contributed by atoms with Gasteiger partial charge in [-0.05, 0) is 13.0 Å². The van der Waals surface area contributed by atoms with Gasteiger partial charge >= 0.3 is 0 Å². The van der Waals surface area contributed by atoms with Crippen molar-refractivity contribution in [2.24, 2.45) is 5.73 Å². The zero-order valence-electron chi connectivity index (χ0n) is 7.60. The van der Waals surface area contributed by atoms with Crippen molar-refractivity contribution in [3.05, 3.63) is 12.5 Å². The van der Waals surface area contributed by atoms with E-state index in [9.17, 15) is 0 Å². The van der Waals surface area contributed by atoms with Gasteiger partial charge in [0.15, 0.2) is 5.65 Å². The zero-order chi connectivity index (χ0) is 9.80. The van der Waals surface area contributed by atoms with Crippen LogP contribution in [0.25, 0.3) is 11.0 Å². The van der Waals surface area contributed by atoms with E-state index in [1.165, 1.54) is 0 Å². The van der Waals surface area contributed by atoms with Crippen molar-refractivity contribution >= 4 is 22.8 Å². The Kier molecular flexibility index (Phi) is 2.95. The molecule has 0 aromatic carbocycles. The number of aromatic amines is 1. The molecule has 5 nitrogen and oxygen atoms in total. The summed E-state index contributed by atoms with van der Waals surface area (Å²) in [5.74, 6) is 0.980. The number of thioether (sulfide) groups is 1.